The number of hydrogen-bond acceptors (Lipinski definition) is 4. The molecule has 1 aromatic rings. The summed E-state index contributed by atoms with van der Waals surface area (Å²) in [4.78, 5) is 4.38. The van der Waals surface area contributed by atoms with Crippen LogP contribution < -0.4 is 5.32 Å². The zero-order valence-corrected chi connectivity index (χ0v) is 10.3. The third kappa shape index (κ3) is 4.26. The molecular formula is C10H16N2S2. The molecule has 1 aromatic heterocycles. The first-order chi connectivity index (χ1) is 6.72. The van der Waals surface area contributed by atoms with Gasteiger partial charge in [0.2, 0.25) is 0 Å². The quantitative estimate of drug-likeness (QED) is 0.598. The molecule has 1 heterocycles. The van der Waals surface area contributed by atoms with Gasteiger partial charge in [-0.05, 0) is 13.5 Å². The lowest BCUT2D eigenvalue weighted by molar-refractivity contribution is 0.779. The average Bonchev–Trinajstić information content (AvgIpc) is 2.58. The van der Waals surface area contributed by atoms with Crippen LogP contribution in [0.25, 0.3) is 0 Å². The third-order valence-corrected chi connectivity index (χ3v) is 3.91. The van der Waals surface area contributed by atoms with E-state index in [-0.39, 0.29) is 0 Å². The van der Waals surface area contributed by atoms with E-state index in [1.165, 1.54) is 5.57 Å². The Morgan fingerprint density at radius 2 is 2.50 bits per heavy atom. The van der Waals surface area contributed by atoms with Crippen molar-refractivity contribution in [2.24, 2.45) is 0 Å². The lowest BCUT2D eigenvalue weighted by Crippen LogP contribution is -2.16. The number of hydrogen-bond donors (Lipinski definition) is 1. The van der Waals surface area contributed by atoms with Crippen molar-refractivity contribution in [3.8, 4) is 0 Å². The second-order valence-electron chi connectivity index (χ2n) is 3.07. The zero-order valence-electron chi connectivity index (χ0n) is 8.67. The van der Waals surface area contributed by atoms with Gasteiger partial charge in [0.1, 0.15) is 4.34 Å². The highest BCUT2D eigenvalue weighted by Gasteiger charge is 2.00. The van der Waals surface area contributed by atoms with Crippen molar-refractivity contribution in [3.05, 3.63) is 23.2 Å². The molecule has 0 saturated heterocycles. The SMILES string of the molecule is C=C(CNCC)CSc1nc(C)cs1. The van der Waals surface area contributed by atoms with Crippen molar-refractivity contribution in [2.75, 3.05) is 18.8 Å². The standard InChI is InChI=1S/C10H16N2S2/c1-4-11-5-8(2)6-13-10-12-9(3)7-14-10/h7,11H,2,4-6H2,1,3H3. The number of thioether (sulfide) groups is 1. The van der Waals surface area contributed by atoms with E-state index in [9.17, 15) is 0 Å². The first-order valence-corrected chi connectivity index (χ1v) is 6.51. The molecule has 1 N–H and O–H groups in total. The number of rotatable bonds is 6. The molecule has 14 heavy (non-hydrogen) atoms. The fourth-order valence-electron chi connectivity index (χ4n) is 0.915. The largest absolute Gasteiger partial charge is 0.313 e. The minimum absolute atomic E-state index is 0.911. The average molecular weight is 228 g/mol. The maximum absolute atomic E-state index is 4.38. The maximum atomic E-state index is 4.38. The molecular weight excluding hydrogens is 212 g/mol. The summed E-state index contributed by atoms with van der Waals surface area (Å²) >= 11 is 3.47. The molecule has 0 atom stereocenters. The van der Waals surface area contributed by atoms with Gasteiger partial charge in [-0.2, -0.15) is 0 Å². The van der Waals surface area contributed by atoms with Crippen LogP contribution in [-0.2, 0) is 0 Å². The minimum atomic E-state index is 0.911. The Hall–Kier alpha value is -0.320. The van der Waals surface area contributed by atoms with Crippen LogP contribution in [0, 0.1) is 6.92 Å². The van der Waals surface area contributed by atoms with Crippen molar-refractivity contribution in [1.29, 1.82) is 0 Å². The highest BCUT2D eigenvalue weighted by molar-refractivity contribution is 8.01. The van der Waals surface area contributed by atoms with Gasteiger partial charge in [-0.25, -0.2) is 4.98 Å². The van der Waals surface area contributed by atoms with E-state index in [2.05, 4.69) is 29.2 Å². The Morgan fingerprint density at radius 1 is 1.71 bits per heavy atom. The topological polar surface area (TPSA) is 24.9 Å². The van der Waals surface area contributed by atoms with Crippen molar-refractivity contribution in [1.82, 2.24) is 10.3 Å². The molecule has 0 unspecified atom stereocenters. The second-order valence-corrected chi connectivity index (χ2v) is 5.15. The zero-order chi connectivity index (χ0) is 10.4. The van der Waals surface area contributed by atoms with Gasteiger partial charge in [0.25, 0.3) is 0 Å². The number of aromatic nitrogens is 1. The molecule has 0 radical (unpaired) electrons. The van der Waals surface area contributed by atoms with Gasteiger partial charge in [-0.1, -0.05) is 30.8 Å². The highest BCUT2D eigenvalue weighted by atomic mass is 32.2. The van der Waals surface area contributed by atoms with Crippen molar-refractivity contribution in [3.63, 3.8) is 0 Å². The fraction of sp³-hybridized carbons (Fsp3) is 0.500. The molecule has 0 aromatic carbocycles. The van der Waals surface area contributed by atoms with E-state index in [1.54, 1.807) is 23.1 Å². The van der Waals surface area contributed by atoms with E-state index in [4.69, 9.17) is 0 Å². The monoisotopic (exact) mass is 228 g/mol. The lowest BCUT2D eigenvalue weighted by Gasteiger charge is -2.03. The van der Waals surface area contributed by atoms with Gasteiger partial charge in [0.05, 0.1) is 0 Å². The maximum Gasteiger partial charge on any atom is 0.150 e. The lowest BCUT2D eigenvalue weighted by atomic mass is 10.3. The Kier molecular flexibility index (Phi) is 5.22. The summed E-state index contributed by atoms with van der Waals surface area (Å²) in [6.45, 7) is 10.0. The summed E-state index contributed by atoms with van der Waals surface area (Å²) in [6.07, 6.45) is 0. The van der Waals surface area contributed by atoms with E-state index in [0.29, 0.717) is 0 Å². The summed E-state index contributed by atoms with van der Waals surface area (Å²) in [5, 5.41) is 5.34. The fourth-order valence-corrected chi connectivity index (χ4v) is 2.67. The van der Waals surface area contributed by atoms with E-state index in [0.717, 1.165) is 28.9 Å². The van der Waals surface area contributed by atoms with Crippen molar-refractivity contribution < 1.29 is 0 Å². The number of thiazole rings is 1. The third-order valence-electron chi connectivity index (χ3n) is 1.62. The molecule has 0 spiro atoms. The van der Waals surface area contributed by atoms with Gasteiger partial charge >= 0.3 is 0 Å². The van der Waals surface area contributed by atoms with Crippen LogP contribution in [0.4, 0.5) is 0 Å². The molecule has 0 aliphatic carbocycles. The molecule has 4 heteroatoms. The first-order valence-electron chi connectivity index (χ1n) is 4.64. The Labute approximate surface area is 93.8 Å². The van der Waals surface area contributed by atoms with Crippen molar-refractivity contribution in [2.45, 2.75) is 18.2 Å². The molecule has 0 amide bonds. The molecule has 1 rings (SSSR count). The summed E-state index contributed by atoms with van der Waals surface area (Å²) in [5.41, 5.74) is 2.33. The van der Waals surface area contributed by atoms with Crippen LogP contribution in [0.3, 0.4) is 0 Å². The summed E-state index contributed by atoms with van der Waals surface area (Å²) in [5.74, 6) is 0.958. The van der Waals surface area contributed by atoms with Crippen molar-refractivity contribution >= 4 is 23.1 Å². The van der Waals surface area contributed by atoms with Gasteiger partial charge in [0.15, 0.2) is 0 Å². The second kappa shape index (κ2) is 6.22. The Morgan fingerprint density at radius 3 is 3.07 bits per heavy atom. The van der Waals surface area contributed by atoms with Gasteiger partial charge < -0.3 is 5.32 Å². The van der Waals surface area contributed by atoms with Crippen LogP contribution in [-0.4, -0.2) is 23.8 Å². The van der Waals surface area contributed by atoms with Crippen LogP contribution in [0.1, 0.15) is 12.6 Å². The number of nitrogens with zero attached hydrogens (tertiary/aromatic N) is 1. The van der Waals surface area contributed by atoms with Crippen LogP contribution in [0.15, 0.2) is 21.9 Å². The number of likely N-dealkylation sites (N-methyl/N-ethyl adjacent to an activating group) is 1. The van der Waals surface area contributed by atoms with Crippen LogP contribution in [0.5, 0.6) is 0 Å². The number of aryl methyl sites for hydroxylation is 1. The van der Waals surface area contributed by atoms with Crippen LogP contribution >= 0.6 is 23.1 Å². The predicted octanol–water partition coefficient (Wildman–Crippen LogP) is 2.71. The molecule has 0 aliphatic rings. The van der Waals surface area contributed by atoms with E-state index < -0.39 is 0 Å². The summed E-state index contributed by atoms with van der Waals surface area (Å²) in [6, 6.07) is 0. The number of nitrogens with one attached hydrogen (secondary N) is 1. The van der Waals surface area contributed by atoms with E-state index >= 15 is 0 Å². The predicted molar refractivity (Wildman–Crippen MR) is 65.3 cm³/mol. The first kappa shape index (κ1) is 11.8. The Bertz CT molecular complexity index is 294. The van der Waals surface area contributed by atoms with E-state index in [1.807, 2.05) is 6.92 Å². The molecule has 0 bridgehead atoms. The summed E-state index contributed by atoms with van der Waals surface area (Å²) < 4.78 is 1.14. The van der Waals surface area contributed by atoms with Gasteiger partial charge in [0, 0.05) is 23.4 Å². The van der Waals surface area contributed by atoms with Crippen LogP contribution in [0.2, 0.25) is 0 Å². The highest BCUT2D eigenvalue weighted by Crippen LogP contribution is 2.23. The van der Waals surface area contributed by atoms with Gasteiger partial charge in [-0.3, -0.25) is 0 Å². The molecule has 78 valence electrons. The molecule has 0 saturated carbocycles. The molecule has 0 fully saturated rings. The molecule has 2 nitrogen and oxygen atoms in total. The van der Waals surface area contributed by atoms with Gasteiger partial charge in [-0.15, -0.1) is 11.3 Å². The minimum Gasteiger partial charge on any atom is -0.313 e. The smallest absolute Gasteiger partial charge is 0.150 e. The Balaban J connectivity index is 2.23. The summed E-state index contributed by atoms with van der Waals surface area (Å²) in [7, 11) is 0. The normalized spacial score (nSPS) is 10.4. The molecule has 0 aliphatic heterocycles.